The number of halogens is 1. The van der Waals surface area contributed by atoms with E-state index in [4.69, 9.17) is 9.47 Å². The summed E-state index contributed by atoms with van der Waals surface area (Å²) in [6.45, 7) is 4.09. The number of rotatable bonds is 6. The van der Waals surface area contributed by atoms with Gasteiger partial charge < -0.3 is 9.47 Å². The average molecular weight is 372 g/mol. The van der Waals surface area contributed by atoms with Gasteiger partial charge in [0.25, 0.3) is 0 Å². The van der Waals surface area contributed by atoms with E-state index in [0.29, 0.717) is 16.9 Å². The minimum atomic E-state index is -1.54. The molecule has 3 rings (SSSR count). The molecule has 0 fully saturated rings. The Morgan fingerprint density at radius 3 is 2.85 bits per heavy atom. The molecule has 0 radical (unpaired) electrons. The lowest BCUT2D eigenvalue weighted by Crippen LogP contribution is -2.49. The fraction of sp³-hybridized carbons (Fsp3) is 0.316. The number of alkyl carbamates (subject to hydrolysis) is 1. The molecular weight excluding hydrogens is 351 g/mol. The van der Waals surface area contributed by atoms with Crippen molar-refractivity contribution in [2.45, 2.75) is 19.6 Å². The summed E-state index contributed by atoms with van der Waals surface area (Å²) >= 11 is 0. The summed E-state index contributed by atoms with van der Waals surface area (Å²) in [5, 5.41) is 7.00. The molecule has 1 atom stereocenters. The van der Waals surface area contributed by atoms with Gasteiger partial charge in [-0.05, 0) is 30.2 Å². The highest BCUT2D eigenvalue weighted by molar-refractivity contribution is 5.69. The number of nitrogens with one attached hydrogen (secondary N) is 1. The highest BCUT2D eigenvalue weighted by Crippen LogP contribution is 2.31. The van der Waals surface area contributed by atoms with Gasteiger partial charge in [0.15, 0.2) is 5.65 Å². The quantitative estimate of drug-likeness (QED) is 0.673. The molecule has 8 heteroatoms. The van der Waals surface area contributed by atoms with Gasteiger partial charge in [0.05, 0.1) is 12.8 Å². The summed E-state index contributed by atoms with van der Waals surface area (Å²) < 4.78 is 26.4. The average Bonchev–Trinajstić information content (AvgIpc) is 3.09. The molecule has 2 heterocycles. The van der Waals surface area contributed by atoms with Crippen LogP contribution in [0.25, 0.3) is 5.65 Å². The van der Waals surface area contributed by atoms with Crippen molar-refractivity contribution in [1.29, 1.82) is 0 Å². The molecule has 2 aromatic heterocycles. The van der Waals surface area contributed by atoms with Crippen LogP contribution in [0.4, 0.5) is 9.18 Å². The summed E-state index contributed by atoms with van der Waals surface area (Å²) in [5.41, 5.74) is -0.196. The predicted octanol–water partition coefficient (Wildman–Crippen LogP) is 3.10. The Labute approximate surface area is 156 Å². The van der Waals surface area contributed by atoms with E-state index in [1.54, 1.807) is 24.4 Å². The maximum Gasteiger partial charge on any atom is 0.409 e. The van der Waals surface area contributed by atoms with Crippen molar-refractivity contribution >= 4 is 11.7 Å². The van der Waals surface area contributed by atoms with E-state index in [9.17, 15) is 9.18 Å². The van der Waals surface area contributed by atoms with Crippen LogP contribution < -0.4 is 5.32 Å². The van der Waals surface area contributed by atoms with Crippen molar-refractivity contribution in [2.24, 2.45) is 5.92 Å². The molecule has 1 aromatic carbocycles. The molecule has 0 bridgehead atoms. The first-order chi connectivity index (χ1) is 13.0. The first kappa shape index (κ1) is 18.8. The molecule has 142 valence electrons. The topological polar surface area (TPSA) is 77.8 Å². The Morgan fingerprint density at radius 2 is 2.15 bits per heavy atom. The summed E-state index contributed by atoms with van der Waals surface area (Å²) in [5.74, 6) is -0.299. The number of benzene rings is 1. The Morgan fingerprint density at radius 1 is 1.33 bits per heavy atom. The number of hydrogen-bond acceptors (Lipinski definition) is 5. The second-order valence-electron chi connectivity index (χ2n) is 6.45. The van der Waals surface area contributed by atoms with Crippen LogP contribution in [0, 0.1) is 11.7 Å². The number of imidazole rings is 1. The normalized spacial score (nSPS) is 13.5. The zero-order valence-corrected chi connectivity index (χ0v) is 15.3. The van der Waals surface area contributed by atoms with Gasteiger partial charge in [0, 0.05) is 18.9 Å². The summed E-state index contributed by atoms with van der Waals surface area (Å²) in [6, 6.07) is 9.29. The van der Waals surface area contributed by atoms with E-state index in [0.717, 1.165) is 0 Å². The lowest BCUT2D eigenvalue weighted by molar-refractivity contribution is -0.0145. The third kappa shape index (κ3) is 3.75. The highest BCUT2D eigenvalue weighted by Gasteiger charge is 2.40. The third-order valence-electron chi connectivity index (χ3n) is 4.00. The standard InChI is InChI=1S/C19H21FN4O3/c1-13(2)12-27-18(25)23-19(26-3,14-6-4-7-15(20)10-14)16-11-21-17-8-5-9-22-24(16)17/h4-11,13H,12H2,1-3H3,(H,23,25). The number of methoxy groups -OCH3 is 1. The molecular formula is C19H21FN4O3. The van der Waals surface area contributed by atoms with Gasteiger partial charge in [0.1, 0.15) is 11.5 Å². The molecule has 1 amide bonds. The second-order valence-corrected chi connectivity index (χ2v) is 6.45. The van der Waals surface area contributed by atoms with Crippen LogP contribution in [0.1, 0.15) is 25.1 Å². The van der Waals surface area contributed by atoms with Gasteiger partial charge in [-0.3, -0.25) is 5.32 Å². The zero-order valence-electron chi connectivity index (χ0n) is 15.3. The maximum atomic E-state index is 13.9. The third-order valence-corrected chi connectivity index (χ3v) is 4.00. The molecule has 3 aromatic rings. The molecule has 1 unspecified atom stereocenters. The van der Waals surface area contributed by atoms with E-state index < -0.39 is 17.6 Å². The molecule has 0 aliphatic rings. The Bertz CT molecular complexity index is 943. The van der Waals surface area contributed by atoms with Crippen molar-refractivity contribution in [2.75, 3.05) is 13.7 Å². The van der Waals surface area contributed by atoms with Gasteiger partial charge in [0.2, 0.25) is 5.72 Å². The van der Waals surface area contributed by atoms with Crippen molar-refractivity contribution < 1.29 is 18.7 Å². The fourth-order valence-electron chi connectivity index (χ4n) is 2.76. The number of carbonyl (C=O) groups excluding carboxylic acids is 1. The summed E-state index contributed by atoms with van der Waals surface area (Å²) in [4.78, 5) is 16.8. The van der Waals surface area contributed by atoms with E-state index in [1.807, 2.05) is 13.8 Å². The van der Waals surface area contributed by atoms with Crippen LogP contribution in [0.2, 0.25) is 0 Å². The van der Waals surface area contributed by atoms with Crippen LogP contribution >= 0.6 is 0 Å². The monoisotopic (exact) mass is 372 g/mol. The molecule has 0 spiro atoms. The lowest BCUT2D eigenvalue weighted by atomic mass is 9.99. The van der Waals surface area contributed by atoms with Gasteiger partial charge in [-0.1, -0.05) is 26.0 Å². The van der Waals surface area contributed by atoms with Gasteiger partial charge in [-0.25, -0.2) is 18.7 Å². The van der Waals surface area contributed by atoms with Crippen molar-refractivity contribution in [3.63, 3.8) is 0 Å². The number of hydrogen-bond donors (Lipinski definition) is 1. The first-order valence-electron chi connectivity index (χ1n) is 8.51. The van der Waals surface area contributed by atoms with Crippen LogP contribution in [0.15, 0.2) is 48.8 Å². The number of amides is 1. The van der Waals surface area contributed by atoms with Gasteiger partial charge >= 0.3 is 6.09 Å². The van der Waals surface area contributed by atoms with Crippen LogP contribution in [-0.4, -0.2) is 34.4 Å². The van der Waals surface area contributed by atoms with Crippen LogP contribution in [-0.2, 0) is 15.2 Å². The van der Waals surface area contributed by atoms with Crippen molar-refractivity contribution in [3.05, 3.63) is 65.9 Å². The minimum Gasteiger partial charge on any atom is -0.449 e. The number of carbonyl (C=O) groups is 1. The molecule has 7 nitrogen and oxygen atoms in total. The van der Waals surface area contributed by atoms with Crippen molar-refractivity contribution in [1.82, 2.24) is 19.9 Å². The number of aromatic nitrogens is 3. The largest absolute Gasteiger partial charge is 0.449 e. The summed E-state index contributed by atoms with van der Waals surface area (Å²) in [7, 11) is 1.41. The Balaban J connectivity index is 2.11. The molecule has 1 N–H and O–H groups in total. The van der Waals surface area contributed by atoms with Crippen molar-refractivity contribution in [3.8, 4) is 0 Å². The van der Waals surface area contributed by atoms with E-state index >= 15 is 0 Å². The molecule has 0 aliphatic carbocycles. The highest BCUT2D eigenvalue weighted by atomic mass is 19.1. The molecule has 0 saturated carbocycles. The van der Waals surface area contributed by atoms with Crippen LogP contribution in [0.3, 0.4) is 0 Å². The summed E-state index contributed by atoms with van der Waals surface area (Å²) in [6.07, 6.45) is 2.42. The minimum absolute atomic E-state index is 0.166. The van der Waals surface area contributed by atoms with Crippen LogP contribution in [0.5, 0.6) is 0 Å². The van der Waals surface area contributed by atoms with E-state index in [2.05, 4.69) is 15.4 Å². The first-order valence-corrected chi connectivity index (χ1v) is 8.51. The maximum absolute atomic E-state index is 13.9. The number of ether oxygens (including phenoxy) is 2. The van der Waals surface area contributed by atoms with E-state index in [-0.39, 0.29) is 12.5 Å². The molecule has 0 saturated heterocycles. The predicted molar refractivity (Wildman–Crippen MR) is 96.5 cm³/mol. The number of fused-ring (bicyclic) bond motifs is 1. The second kappa shape index (κ2) is 7.71. The van der Waals surface area contributed by atoms with Gasteiger partial charge in [-0.2, -0.15) is 5.10 Å². The van der Waals surface area contributed by atoms with E-state index in [1.165, 1.54) is 36.0 Å². The Kier molecular flexibility index (Phi) is 5.36. The number of nitrogens with zero attached hydrogens (tertiary/aromatic N) is 3. The lowest BCUT2D eigenvalue weighted by Gasteiger charge is -2.32. The SMILES string of the molecule is COC(NC(=O)OCC(C)C)(c1cccc(F)c1)c1cnc2cccnn12. The molecule has 27 heavy (non-hydrogen) atoms. The fourth-order valence-corrected chi connectivity index (χ4v) is 2.76. The zero-order chi connectivity index (χ0) is 19.4. The Hall–Kier alpha value is -3.00. The van der Waals surface area contributed by atoms with Gasteiger partial charge in [-0.15, -0.1) is 0 Å². The molecule has 0 aliphatic heterocycles. The smallest absolute Gasteiger partial charge is 0.409 e.